The third-order valence-corrected chi connectivity index (χ3v) is 3.87. The van der Waals surface area contributed by atoms with Crippen LogP contribution >= 0.6 is 15.9 Å². The summed E-state index contributed by atoms with van der Waals surface area (Å²) in [7, 11) is 1.76. The lowest BCUT2D eigenvalue weighted by Crippen LogP contribution is -2.48. The maximum Gasteiger partial charge on any atom is 0.239 e. The van der Waals surface area contributed by atoms with Crippen molar-refractivity contribution in [3.8, 4) is 0 Å². The van der Waals surface area contributed by atoms with Crippen molar-refractivity contribution in [1.82, 2.24) is 9.97 Å². The molecule has 0 saturated carbocycles. The number of hydrogen-bond acceptors (Lipinski definition) is 6. The minimum atomic E-state index is -0.126. The molecule has 0 amide bonds. The van der Waals surface area contributed by atoms with Crippen LogP contribution in [0.3, 0.4) is 0 Å². The van der Waals surface area contributed by atoms with Crippen LogP contribution in [0.4, 0.5) is 11.8 Å². The number of halogens is 1. The van der Waals surface area contributed by atoms with Gasteiger partial charge in [-0.3, -0.25) is 5.43 Å². The molecule has 1 atom stereocenters. The van der Waals surface area contributed by atoms with Crippen LogP contribution in [0.5, 0.6) is 0 Å². The van der Waals surface area contributed by atoms with Crippen LogP contribution < -0.4 is 16.2 Å². The predicted octanol–water partition coefficient (Wildman–Crippen LogP) is 1.53. The van der Waals surface area contributed by atoms with Gasteiger partial charge in [0, 0.05) is 26.4 Å². The van der Waals surface area contributed by atoms with Crippen molar-refractivity contribution in [3.05, 3.63) is 10.7 Å². The molecule has 1 aromatic rings. The van der Waals surface area contributed by atoms with Gasteiger partial charge >= 0.3 is 0 Å². The Balaban J connectivity index is 2.25. The van der Waals surface area contributed by atoms with Crippen molar-refractivity contribution in [2.24, 2.45) is 5.84 Å². The SMILES string of the molecule is COC1(C)CCCN(c2nc(NN)ncc2Br)C1. The molecule has 6 nitrogen and oxygen atoms in total. The van der Waals surface area contributed by atoms with E-state index in [0.29, 0.717) is 5.95 Å². The average molecular weight is 316 g/mol. The van der Waals surface area contributed by atoms with E-state index in [1.807, 2.05) is 0 Å². The lowest BCUT2D eigenvalue weighted by atomic mass is 9.95. The van der Waals surface area contributed by atoms with Crippen molar-refractivity contribution in [2.45, 2.75) is 25.4 Å². The van der Waals surface area contributed by atoms with E-state index < -0.39 is 0 Å². The fourth-order valence-corrected chi connectivity index (χ4v) is 2.64. The molecule has 1 saturated heterocycles. The van der Waals surface area contributed by atoms with Crippen LogP contribution in [0.25, 0.3) is 0 Å². The number of piperidine rings is 1. The molecule has 2 heterocycles. The second-order valence-corrected chi connectivity index (χ2v) is 5.54. The predicted molar refractivity (Wildman–Crippen MR) is 74.4 cm³/mol. The summed E-state index contributed by atoms with van der Waals surface area (Å²) >= 11 is 3.48. The minimum Gasteiger partial charge on any atom is -0.377 e. The van der Waals surface area contributed by atoms with Crippen LogP contribution in [0.2, 0.25) is 0 Å². The Kier molecular flexibility index (Phi) is 4.04. The Morgan fingerprint density at radius 1 is 1.61 bits per heavy atom. The molecule has 3 N–H and O–H groups in total. The molecule has 7 heteroatoms. The van der Waals surface area contributed by atoms with E-state index in [2.05, 4.69) is 43.1 Å². The molecule has 100 valence electrons. The minimum absolute atomic E-state index is 0.126. The zero-order valence-corrected chi connectivity index (χ0v) is 12.2. The largest absolute Gasteiger partial charge is 0.377 e. The molecule has 1 aromatic heterocycles. The van der Waals surface area contributed by atoms with Gasteiger partial charge in [0.1, 0.15) is 5.82 Å². The fourth-order valence-electron chi connectivity index (χ4n) is 2.20. The van der Waals surface area contributed by atoms with Crippen molar-refractivity contribution in [2.75, 3.05) is 30.5 Å². The zero-order chi connectivity index (χ0) is 13.2. The van der Waals surface area contributed by atoms with Gasteiger partial charge in [-0.2, -0.15) is 4.98 Å². The number of nitrogens with two attached hydrogens (primary N) is 1. The zero-order valence-electron chi connectivity index (χ0n) is 10.6. The monoisotopic (exact) mass is 315 g/mol. The van der Waals surface area contributed by atoms with Gasteiger partial charge < -0.3 is 9.64 Å². The van der Waals surface area contributed by atoms with Gasteiger partial charge in [-0.1, -0.05) is 0 Å². The Morgan fingerprint density at radius 2 is 2.39 bits per heavy atom. The summed E-state index contributed by atoms with van der Waals surface area (Å²) in [5, 5.41) is 0. The number of aromatic nitrogens is 2. The van der Waals surface area contributed by atoms with Gasteiger partial charge in [-0.05, 0) is 35.7 Å². The highest BCUT2D eigenvalue weighted by Gasteiger charge is 2.32. The number of nitrogens with zero attached hydrogens (tertiary/aromatic N) is 3. The van der Waals surface area contributed by atoms with Crippen LogP contribution in [-0.2, 0) is 4.74 Å². The summed E-state index contributed by atoms with van der Waals surface area (Å²) < 4.78 is 6.45. The molecule has 1 aliphatic rings. The van der Waals surface area contributed by atoms with E-state index in [1.165, 1.54) is 0 Å². The lowest BCUT2D eigenvalue weighted by molar-refractivity contribution is -0.00484. The topological polar surface area (TPSA) is 76.3 Å². The summed E-state index contributed by atoms with van der Waals surface area (Å²) in [5.41, 5.74) is 2.34. The van der Waals surface area contributed by atoms with Gasteiger partial charge in [0.05, 0.1) is 10.1 Å². The van der Waals surface area contributed by atoms with Crippen molar-refractivity contribution in [3.63, 3.8) is 0 Å². The van der Waals surface area contributed by atoms with E-state index in [1.54, 1.807) is 13.3 Å². The first-order valence-electron chi connectivity index (χ1n) is 5.87. The number of nitrogens with one attached hydrogen (secondary N) is 1. The highest BCUT2D eigenvalue weighted by molar-refractivity contribution is 9.10. The molecule has 0 aliphatic carbocycles. The van der Waals surface area contributed by atoms with E-state index in [4.69, 9.17) is 10.6 Å². The van der Waals surface area contributed by atoms with Gasteiger partial charge in [-0.15, -0.1) is 0 Å². The van der Waals surface area contributed by atoms with Crippen LogP contribution in [-0.4, -0.2) is 35.8 Å². The number of rotatable bonds is 3. The first-order valence-corrected chi connectivity index (χ1v) is 6.66. The van der Waals surface area contributed by atoms with Gasteiger partial charge in [0.2, 0.25) is 5.95 Å². The van der Waals surface area contributed by atoms with Crippen LogP contribution in [0.1, 0.15) is 19.8 Å². The first-order chi connectivity index (χ1) is 8.58. The van der Waals surface area contributed by atoms with Crippen molar-refractivity contribution < 1.29 is 4.74 Å². The average Bonchev–Trinajstić information content (AvgIpc) is 2.39. The molecule has 1 unspecified atom stereocenters. The molecular formula is C11H18BrN5O. The van der Waals surface area contributed by atoms with Gasteiger partial charge in [0.15, 0.2) is 0 Å². The Labute approximate surface area is 115 Å². The number of anilines is 2. The van der Waals surface area contributed by atoms with E-state index in [0.717, 1.165) is 36.2 Å². The summed E-state index contributed by atoms with van der Waals surface area (Å²) in [6.07, 6.45) is 3.84. The van der Waals surface area contributed by atoms with E-state index in [9.17, 15) is 0 Å². The van der Waals surface area contributed by atoms with Crippen molar-refractivity contribution >= 4 is 27.7 Å². The van der Waals surface area contributed by atoms with Crippen molar-refractivity contribution in [1.29, 1.82) is 0 Å². The Bertz CT molecular complexity index is 430. The third kappa shape index (κ3) is 2.73. The van der Waals surface area contributed by atoms with E-state index >= 15 is 0 Å². The maximum atomic E-state index is 5.59. The summed E-state index contributed by atoms with van der Waals surface area (Å²) in [6.45, 7) is 3.89. The quantitative estimate of drug-likeness (QED) is 0.650. The summed E-state index contributed by atoms with van der Waals surface area (Å²) in [6, 6.07) is 0. The lowest BCUT2D eigenvalue weighted by Gasteiger charge is -2.40. The number of nitrogen functional groups attached to an aromatic ring is 1. The maximum absolute atomic E-state index is 5.59. The van der Waals surface area contributed by atoms with E-state index in [-0.39, 0.29) is 5.60 Å². The summed E-state index contributed by atoms with van der Waals surface area (Å²) in [4.78, 5) is 10.6. The smallest absolute Gasteiger partial charge is 0.239 e. The molecule has 0 radical (unpaired) electrons. The van der Waals surface area contributed by atoms with Crippen LogP contribution in [0.15, 0.2) is 10.7 Å². The highest BCUT2D eigenvalue weighted by Crippen LogP contribution is 2.31. The molecular weight excluding hydrogens is 298 g/mol. The number of hydrazine groups is 1. The molecule has 0 bridgehead atoms. The number of methoxy groups -OCH3 is 1. The molecule has 1 fully saturated rings. The molecule has 0 spiro atoms. The number of ether oxygens (including phenoxy) is 1. The van der Waals surface area contributed by atoms with Gasteiger partial charge in [-0.25, -0.2) is 10.8 Å². The highest BCUT2D eigenvalue weighted by atomic mass is 79.9. The second-order valence-electron chi connectivity index (χ2n) is 4.69. The molecule has 0 aromatic carbocycles. The Hall–Kier alpha value is -0.920. The Morgan fingerprint density at radius 3 is 3.06 bits per heavy atom. The first kappa shape index (κ1) is 13.5. The molecule has 1 aliphatic heterocycles. The summed E-state index contributed by atoms with van der Waals surface area (Å²) in [5.74, 6) is 6.61. The molecule has 18 heavy (non-hydrogen) atoms. The van der Waals surface area contributed by atoms with Crippen LogP contribution in [0, 0.1) is 0 Å². The second kappa shape index (κ2) is 5.38. The normalized spacial score (nSPS) is 24.1. The third-order valence-electron chi connectivity index (χ3n) is 3.31. The number of hydrogen-bond donors (Lipinski definition) is 2. The fraction of sp³-hybridized carbons (Fsp3) is 0.636. The molecule has 2 rings (SSSR count). The van der Waals surface area contributed by atoms with Gasteiger partial charge in [0.25, 0.3) is 0 Å². The standard InChI is InChI=1S/C11H18BrN5O/c1-11(18-2)4-3-5-17(7-11)9-8(12)6-14-10(15-9)16-13/h6H,3-5,7,13H2,1-2H3,(H,14,15,16).